The van der Waals surface area contributed by atoms with Gasteiger partial charge in [-0.2, -0.15) is 0 Å². The standard InChI is InChI=1S/C11H15NO/c1-9-8-11(4-7-13-9)10-2-5-12-6-3-10/h2-3,5-6,9,11H,4,7-8H2,1H3/t9-,11+/m0/s1. The smallest absolute Gasteiger partial charge is 0.0552 e. The minimum atomic E-state index is 0.409. The van der Waals surface area contributed by atoms with Gasteiger partial charge in [0, 0.05) is 19.0 Å². The molecule has 2 heteroatoms. The normalized spacial score (nSPS) is 28.7. The molecule has 1 aliphatic rings. The van der Waals surface area contributed by atoms with E-state index in [9.17, 15) is 0 Å². The molecule has 0 aliphatic carbocycles. The van der Waals surface area contributed by atoms with Crippen molar-refractivity contribution < 1.29 is 4.74 Å². The van der Waals surface area contributed by atoms with Crippen molar-refractivity contribution in [2.75, 3.05) is 6.61 Å². The van der Waals surface area contributed by atoms with Gasteiger partial charge in [0.1, 0.15) is 0 Å². The van der Waals surface area contributed by atoms with Gasteiger partial charge in [0.05, 0.1) is 6.10 Å². The molecule has 0 unspecified atom stereocenters. The highest BCUT2D eigenvalue weighted by Gasteiger charge is 2.20. The molecule has 2 atom stereocenters. The summed E-state index contributed by atoms with van der Waals surface area (Å²) >= 11 is 0. The van der Waals surface area contributed by atoms with E-state index in [1.807, 2.05) is 12.4 Å². The highest BCUT2D eigenvalue weighted by molar-refractivity contribution is 5.16. The molecule has 0 aromatic carbocycles. The maximum absolute atomic E-state index is 5.51. The van der Waals surface area contributed by atoms with E-state index in [4.69, 9.17) is 4.74 Å². The molecule has 2 nitrogen and oxygen atoms in total. The van der Waals surface area contributed by atoms with Crippen LogP contribution in [0.4, 0.5) is 0 Å². The summed E-state index contributed by atoms with van der Waals surface area (Å²) in [5.41, 5.74) is 1.41. The summed E-state index contributed by atoms with van der Waals surface area (Å²) in [6, 6.07) is 4.23. The zero-order valence-electron chi connectivity index (χ0n) is 7.94. The quantitative estimate of drug-likeness (QED) is 0.657. The van der Waals surface area contributed by atoms with Gasteiger partial charge < -0.3 is 4.74 Å². The maximum Gasteiger partial charge on any atom is 0.0552 e. The summed E-state index contributed by atoms with van der Waals surface area (Å²) in [6.45, 7) is 3.04. The van der Waals surface area contributed by atoms with E-state index < -0.39 is 0 Å². The van der Waals surface area contributed by atoms with Gasteiger partial charge in [-0.3, -0.25) is 4.98 Å². The number of nitrogens with zero attached hydrogens (tertiary/aromatic N) is 1. The number of hydrogen-bond acceptors (Lipinski definition) is 2. The number of hydrogen-bond donors (Lipinski definition) is 0. The van der Waals surface area contributed by atoms with Crippen molar-refractivity contribution >= 4 is 0 Å². The average Bonchev–Trinajstić information content (AvgIpc) is 2.19. The van der Waals surface area contributed by atoms with Crippen LogP contribution in [0.15, 0.2) is 24.5 Å². The fraction of sp³-hybridized carbons (Fsp3) is 0.545. The molecule has 1 fully saturated rings. The Bertz CT molecular complexity index is 260. The Kier molecular flexibility index (Phi) is 2.60. The van der Waals surface area contributed by atoms with Crippen LogP contribution >= 0.6 is 0 Å². The van der Waals surface area contributed by atoms with E-state index >= 15 is 0 Å². The fourth-order valence-corrected chi connectivity index (χ4v) is 1.94. The first-order valence-corrected chi connectivity index (χ1v) is 4.88. The monoisotopic (exact) mass is 177 g/mol. The van der Waals surface area contributed by atoms with Gasteiger partial charge in [0.2, 0.25) is 0 Å². The van der Waals surface area contributed by atoms with Gasteiger partial charge in [-0.25, -0.2) is 0 Å². The second-order valence-electron chi connectivity index (χ2n) is 3.68. The largest absolute Gasteiger partial charge is 0.378 e. The van der Waals surface area contributed by atoms with E-state index in [1.165, 1.54) is 5.56 Å². The minimum absolute atomic E-state index is 0.409. The third kappa shape index (κ3) is 2.07. The number of aromatic nitrogens is 1. The van der Waals surface area contributed by atoms with Crippen LogP contribution in [0.1, 0.15) is 31.2 Å². The van der Waals surface area contributed by atoms with Gasteiger partial charge in [-0.1, -0.05) is 0 Å². The lowest BCUT2D eigenvalue weighted by molar-refractivity contribution is 0.0186. The summed E-state index contributed by atoms with van der Waals surface area (Å²) in [7, 11) is 0. The molecule has 0 saturated carbocycles. The van der Waals surface area contributed by atoms with Crippen LogP contribution in [0.25, 0.3) is 0 Å². The molecule has 0 amide bonds. The van der Waals surface area contributed by atoms with Crippen molar-refractivity contribution in [3.63, 3.8) is 0 Å². The van der Waals surface area contributed by atoms with Crippen molar-refractivity contribution in [2.45, 2.75) is 31.8 Å². The molecule has 0 spiro atoms. The van der Waals surface area contributed by atoms with Crippen molar-refractivity contribution in [2.24, 2.45) is 0 Å². The highest BCUT2D eigenvalue weighted by Crippen LogP contribution is 2.29. The second-order valence-corrected chi connectivity index (χ2v) is 3.68. The van der Waals surface area contributed by atoms with Crippen molar-refractivity contribution in [3.8, 4) is 0 Å². The summed E-state index contributed by atoms with van der Waals surface area (Å²) in [6.07, 6.45) is 6.44. The Balaban J connectivity index is 2.08. The first-order valence-electron chi connectivity index (χ1n) is 4.88. The Labute approximate surface area is 78.9 Å². The van der Waals surface area contributed by atoms with Gasteiger partial charge in [-0.05, 0) is 43.4 Å². The molecule has 70 valence electrons. The lowest BCUT2D eigenvalue weighted by Gasteiger charge is -2.27. The SMILES string of the molecule is C[C@H]1C[C@H](c2ccncc2)CCO1. The van der Waals surface area contributed by atoms with Crippen LogP contribution in [-0.2, 0) is 4.74 Å². The second kappa shape index (κ2) is 3.88. The number of pyridine rings is 1. The van der Waals surface area contributed by atoms with Crippen molar-refractivity contribution in [3.05, 3.63) is 30.1 Å². The van der Waals surface area contributed by atoms with Crippen molar-refractivity contribution in [1.29, 1.82) is 0 Å². The molecular formula is C11H15NO. The molecule has 0 radical (unpaired) electrons. The molecule has 13 heavy (non-hydrogen) atoms. The van der Waals surface area contributed by atoms with Gasteiger partial charge in [-0.15, -0.1) is 0 Å². The third-order valence-corrected chi connectivity index (χ3v) is 2.66. The van der Waals surface area contributed by atoms with Crippen LogP contribution in [0.2, 0.25) is 0 Å². The fourth-order valence-electron chi connectivity index (χ4n) is 1.94. The molecule has 1 aromatic rings. The predicted octanol–water partition coefficient (Wildman–Crippen LogP) is 2.36. The lowest BCUT2D eigenvalue weighted by atomic mass is 9.90. The van der Waals surface area contributed by atoms with Crippen molar-refractivity contribution in [1.82, 2.24) is 4.98 Å². The summed E-state index contributed by atoms with van der Waals surface area (Å²) in [5.74, 6) is 0.673. The lowest BCUT2D eigenvalue weighted by Crippen LogP contribution is -2.21. The number of rotatable bonds is 1. The van der Waals surface area contributed by atoms with E-state index in [0.29, 0.717) is 12.0 Å². The molecular weight excluding hydrogens is 162 g/mol. The zero-order chi connectivity index (χ0) is 9.10. The van der Waals surface area contributed by atoms with E-state index in [2.05, 4.69) is 24.0 Å². The molecule has 0 N–H and O–H groups in total. The van der Waals surface area contributed by atoms with E-state index in [-0.39, 0.29) is 0 Å². The van der Waals surface area contributed by atoms with E-state index in [0.717, 1.165) is 19.4 Å². The van der Waals surface area contributed by atoms with Gasteiger partial charge >= 0.3 is 0 Å². The molecule has 2 heterocycles. The predicted molar refractivity (Wildman–Crippen MR) is 51.6 cm³/mol. The topological polar surface area (TPSA) is 22.1 Å². The highest BCUT2D eigenvalue weighted by atomic mass is 16.5. The molecule has 1 aliphatic heterocycles. The molecule has 1 saturated heterocycles. The van der Waals surface area contributed by atoms with Crippen LogP contribution in [-0.4, -0.2) is 17.7 Å². The van der Waals surface area contributed by atoms with E-state index in [1.54, 1.807) is 0 Å². The first kappa shape index (κ1) is 8.70. The summed E-state index contributed by atoms with van der Waals surface area (Å²) in [5, 5.41) is 0. The van der Waals surface area contributed by atoms with Gasteiger partial charge in [0.25, 0.3) is 0 Å². The Hall–Kier alpha value is -0.890. The summed E-state index contributed by atoms with van der Waals surface area (Å²) in [4.78, 5) is 4.03. The minimum Gasteiger partial charge on any atom is -0.378 e. The summed E-state index contributed by atoms with van der Waals surface area (Å²) < 4.78 is 5.51. The molecule has 0 bridgehead atoms. The number of ether oxygens (including phenoxy) is 1. The van der Waals surface area contributed by atoms with Crippen LogP contribution in [0.3, 0.4) is 0 Å². The van der Waals surface area contributed by atoms with Crippen LogP contribution < -0.4 is 0 Å². The third-order valence-electron chi connectivity index (χ3n) is 2.66. The Morgan fingerprint density at radius 1 is 1.38 bits per heavy atom. The Morgan fingerprint density at radius 2 is 2.15 bits per heavy atom. The Morgan fingerprint density at radius 3 is 2.85 bits per heavy atom. The van der Waals surface area contributed by atoms with Crippen LogP contribution in [0.5, 0.6) is 0 Å². The zero-order valence-corrected chi connectivity index (χ0v) is 7.94. The van der Waals surface area contributed by atoms with Crippen LogP contribution in [0, 0.1) is 0 Å². The average molecular weight is 177 g/mol. The molecule has 2 rings (SSSR count). The van der Waals surface area contributed by atoms with Gasteiger partial charge in [0.15, 0.2) is 0 Å². The first-order chi connectivity index (χ1) is 6.36. The maximum atomic E-state index is 5.51. The molecule has 1 aromatic heterocycles.